The van der Waals surface area contributed by atoms with Crippen LogP contribution in [0.5, 0.6) is 0 Å². The summed E-state index contributed by atoms with van der Waals surface area (Å²) in [6.45, 7) is 0. The number of benzene rings is 1. The Morgan fingerprint density at radius 1 is 1.28 bits per heavy atom. The highest BCUT2D eigenvalue weighted by Crippen LogP contribution is 2.37. The Balaban J connectivity index is 2.17. The molecular formula is C15H10F3IN4OS. The van der Waals surface area contributed by atoms with Gasteiger partial charge in [0.2, 0.25) is 5.95 Å². The minimum Gasteiger partial charge on any atom is -0.369 e. The van der Waals surface area contributed by atoms with E-state index in [0.717, 1.165) is 29.6 Å². The van der Waals surface area contributed by atoms with Crippen molar-refractivity contribution in [1.29, 1.82) is 0 Å². The number of nitrogens with two attached hydrogens (primary N) is 1. The Labute approximate surface area is 157 Å². The number of pyridine rings is 1. The van der Waals surface area contributed by atoms with Crippen LogP contribution >= 0.6 is 34.4 Å². The number of aromatic nitrogens is 3. The lowest BCUT2D eigenvalue weighted by Gasteiger charge is -2.12. The molecule has 0 saturated heterocycles. The fourth-order valence-electron chi connectivity index (χ4n) is 2.23. The van der Waals surface area contributed by atoms with E-state index in [1.807, 2.05) is 0 Å². The first kappa shape index (κ1) is 18.0. The van der Waals surface area contributed by atoms with Crippen LogP contribution in [0.3, 0.4) is 0 Å². The van der Waals surface area contributed by atoms with Crippen molar-refractivity contribution < 1.29 is 13.2 Å². The van der Waals surface area contributed by atoms with E-state index in [1.54, 1.807) is 12.1 Å². The van der Waals surface area contributed by atoms with Gasteiger partial charge in [-0.3, -0.25) is 14.8 Å². The van der Waals surface area contributed by atoms with Crippen molar-refractivity contribution in [3.8, 4) is 0 Å². The number of hydrogen-bond donors (Lipinski definition) is 2. The summed E-state index contributed by atoms with van der Waals surface area (Å²) in [4.78, 5) is 23.1. The largest absolute Gasteiger partial charge is 0.433 e. The highest BCUT2D eigenvalue weighted by atomic mass is 127. The number of halogens is 4. The van der Waals surface area contributed by atoms with Gasteiger partial charge in [0.15, 0.2) is 0 Å². The van der Waals surface area contributed by atoms with Crippen molar-refractivity contribution in [2.75, 3.05) is 5.73 Å². The monoisotopic (exact) mass is 478 g/mol. The molecule has 25 heavy (non-hydrogen) atoms. The second-order valence-corrected chi connectivity index (χ2v) is 6.86. The standard InChI is InChI=1S/C15H10F3IN4OS/c16-15(17,18)10-5-8(3-4-21-10)25-12-7(6-19)1-2-9-11(12)13(24)23-14(20)22-9/h1-5H,6H2,(H3,20,22,23,24). The molecule has 0 aliphatic rings. The molecule has 10 heteroatoms. The first-order valence-electron chi connectivity index (χ1n) is 6.88. The van der Waals surface area contributed by atoms with Crippen LogP contribution in [0.4, 0.5) is 19.1 Å². The van der Waals surface area contributed by atoms with Gasteiger partial charge in [-0.05, 0) is 23.8 Å². The summed E-state index contributed by atoms with van der Waals surface area (Å²) in [5.74, 6) is -0.0149. The van der Waals surface area contributed by atoms with Crippen LogP contribution in [-0.2, 0) is 10.6 Å². The molecule has 3 N–H and O–H groups in total. The molecule has 0 amide bonds. The summed E-state index contributed by atoms with van der Waals surface area (Å²) in [7, 11) is 0. The van der Waals surface area contributed by atoms with Gasteiger partial charge in [0.05, 0.1) is 10.9 Å². The number of aromatic amines is 1. The van der Waals surface area contributed by atoms with Crippen LogP contribution in [0.2, 0.25) is 0 Å². The summed E-state index contributed by atoms with van der Waals surface area (Å²) in [6, 6.07) is 5.88. The van der Waals surface area contributed by atoms with Gasteiger partial charge >= 0.3 is 6.18 Å². The zero-order valence-electron chi connectivity index (χ0n) is 12.4. The molecule has 3 aromatic rings. The van der Waals surface area contributed by atoms with Crippen LogP contribution in [0.25, 0.3) is 10.9 Å². The van der Waals surface area contributed by atoms with E-state index in [4.69, 9.17) is 5.73 Å². The predicted octanol–water partition coefficient (Wildman–Crippen LogP) is 4.01. The maximum atomic E-state index is 12.9. The quantitative estimate of drug-likeness (QED) is 0.439. The van der Waals surface area contributed by atoms with Crippen LogP contribution in [-0.4, -0.2) is 15.0 Å². The first-order valence-corrected chi connectivity index (χ1v) is 9.22. The van der Waals surface area contributed by atoms with Crippen molar-refractivity contribution in [2.45, 2.75) is 20.4 Å². The number of H-pyrrole nitrogens is 1. The second kappa shape index (κ2) is 6.83. The molecule has 130 valence electrons. The fourth-order valence-corrected chi connectivity index (χ4v) is 4.23. The molecule has 5 nitrogen and oxygen atoms in total. The smallest absolute Gasteiger partial charge is 0.369 e. The Bertz CT molecular complexity index is 1010. The SMILES string of the molecule is Nc1nc2ccc(CI)c(Sc3ccnc(C(F)(F)F)c3)c2c(=O)[nH]1. The van der Waals surface area contributed by atoms with Gasteiger partial charge in [0, 0.05) is 20.4 Å². The van der Waals surface area contributed by atoms with E-state index >= 15 is 0 Å². The number of alkyl halides is 4. The molecule has 0 spiro atoms. The molecule has 3 rings (SSSR count). The molecule has 0 aliphatic heterocycles. The highest BCUT2D eigenvalue weighted by molar-refractivity contribution is 14.1. The normalized spacial score (nSPS) is 11.8. The molecule has 0 radical (unpaired) electrons. The number of nitrogens with one attached hydrogen (secondary N) is 1. The van der Waals surface area contributed by atoms with Gasteiger partial charge in [-0.15, -0.1) is 0 Å². The Morgan fingerprint density at radius 3 is 2.72 bits per heavy atom. The van der Waals surface area contributed by atoms with Crippen molar-refractivity contribution in [3.63, 3.8) is 0 Å². The number of fused-ring (bicyclic) bond motifs is 1. The van der Waals surface area contributed by atoms with Gasteiger partial charge in [-0.25, -0.2) is 4.98 Å². The second-order valence-electron chi connectivity index (χ2n) is 5.01. The van der Waals surface area contributed by atoms with Crippen LogP contribution < -0.4 is 11.3 Å². The van der Waals surface area contributed by atoms with Crippen molar-refractivity contribution in [3.05, 3.63) is 52.1 Å². The molecule has 0 aliphatic carbocycles. The van der Waals surface area contributed by atoms with Crippen LogP contribution in [0.15, 0.2) is 45.0 Å². The minimum absolute atomic E-state index is 0.0149. The lowest BCUT2D eigenvalue weighted by Crippen LogP contribution is -2.12. The third-order valence-corrected chi connectivity index (χ3v) is 5.29. The summed E-state index contributed by atoms with van der Waals surface area (Å²) < 4.78 is 39.2. The number of anilines is 1. The van der Waals surface area contributed by atoms with E-state index in [9.17, 15) is 18.0 Å². The topological polar surface area (TPSA) is 84.7 Å². The summed E-state index contributed by atoms with van der Waals surface area (Å²) >= 11 is 3.20. The summed E-state index contributed by atoms with van der Waals surface area (Å²) in [6.07, 6.45) is -3.44. The Kier molecular flexibility index (Phi) is 4.91. The lowest BCUT2D eigenvalue weighted by atomic mass is 10.1. The van der Waals surface area contributed by atoms with Crippen LogP contribution in [0, 0.1) is 0 Å². The predicted molar refractivity (Wildman–Crippen MR) is 97.9 cm³/mol. The number of nitrogen functional groups attached to an aromatic ring is 1. The average molecular weight is 478 g/mol. The summed E-state index contributed by atoms with van der Waals surface area (Å²) in [5, 5.41) is 0.304. The highest BCUT2D eigenvalue weighted by Gasteiger charge is 2.32. The van der Waals surface area contributed by atoms with Crippen LogP contribution in [0.1, 0.15) is 11.3 Å². The molecule has 2 heterocycles. The van der Waals surface area contributed by atoms with Gasteiger partial charge in [0.1, 0.15) is 5.69 Å². The maximum absolute atomic E-state index is 12.9. The molecule has 0 fully saturated rings. The molecule has 0 unspecified atom stereocenters. The average Bonchev–Trinajstić information content (AvgIpc) is 2.54. The van der Waals surface area contributed by atoms with Gasteiger partial charge in [-0.1, -0.05) is 40.4 Å². The lowest BCUT2D eigenvalue weighted by molar-refractivity contribution is -0.141. The van der Waals surface area contributed by atoms with E-state index < -0.39 is 17.4 Å². The van der Waals surface area contributed by atoms with E-state index in [1.165, 1.54) is 6.07 Å². The number of rotatable bonds is 3. The molecule has 0 saturated carbocycles. The van der Waals surface area contributed by atoms with Crippen molar-refractivity contribution in [2.24, 2.45) is 0 Å². The van der Waals surface area contributed by atoms with Crippen molar-refractivity contribution in [1.82, 2.24) is 15.0 Å². The maximum Gasteiger partial charge on any atom is 0.433 e. The fraction of sp³-hybridized carbons (Fsp3) is 0.133. The first-order chi connectivity index (χ1) is 11.8. The molecule has 0 bridgehead atoms. The van der Waals surface area contributed by atoms with Crippen molar-refractivity contribution >= 4 is 51.2 Å². The molecule has 2 aromatic heterocycles. The molecule has 0 atom stereocenters. The van der Waals surface area contributed by atoms with E-state index in [0.29, 0.717) is 25.1 Å². The molecular weight excluding hydrogens is 468 g/mol. The number of nitrogens with zero attached hydrogens (tertiary/aromatic N) is 2. The third kappa shape index (κ3) is 3.73. The summed E-state index contributed by atoms with van der Waals surface area (Å²) in [5.41, 5.74) is 5.36. The zero-order valence-corrected chi connectivity index (χ0v) is 15.4. The third-order valence-electron chi connectivity index (χ3n) is 3.31. The van der Waals surface area contributed by atoms with E-state index in [2.05, 4.69) is 37.5 Å². The molecule has 1 aromatic carbocycles. The van der Waals surface area contributed by atoms with Gasteiger partial charge < -0.3 is 5.73 Å². The Hall–Kier alpha value is -1.82. The van der Waals surface area contributed by atoms with E-state index in [-0.39, 0.29) is 5.95 Å². The number of hydrogen-bond acceptors (Lipinski definition) is 5. The Morgan fingerprint density at radius 2 is 2.04 bits per heavy atom. The minimum atomic E-state index is -4.53. The van der Waals surface area contributed by atoms with Gasteiger partial charge in [-0.2, -0.15) is 13.2 Å². The van der Waals surface area contributed by atoms with Gasteiger partial charge in [0.25, 0.3) is 5.56 Å². The zero-order chi connectivity index (χ0) is 18.2.